The van der Waals surface area contributed by atoms with Crippen molar-refractivity contribution in [3.63, 3.8) is 0 Å². The Bertz CT molecular complexity index is 462. The number of imidazole rings is 1. The Kier molecular flexibility index (Phi) is 2.33. The normalized spacial score (nSPS) is 10.0. The third-order valence-electron chi connectivity index (χ3n) is 1.93. The maximum atomic E-state index is 8.54. The van der Waals surface area contributed by atoms with E-state index in [0.29, 0.717) is 6.42 Å². The Hall–Kier alpha value is -1.60. The van der Waals surface area contributed by atoms with Crippen molar-refractivity contribution in [1.29, 1.82) is 5.26 Å². The zero-order chi connectivity index (χ0) is 9.97. The van der Waals surface area contributed by atoms with Gasteiger partial charge >= 0.3 is 0 Å². The quantitative estimate of drug-likeness (QED) is 0.815. The summed E-state index contributed by atoms with van der Waals surface area (Å²) in [6, 6.07) is 6.11. The van der Waals surface area contributed by atoms with Crippen LogP contribution in [0.1, 0.15) is 11.5 Å². The van der Waals surface area contributed by atoms with E-state index in [1.165, 1.54) is 0 Å². The molecule has 14 heavy (non-hydrogen) atoms. The van der Waals surface area contributed by atoms with Crippen LogP contribution in [0.25, 0.3) is 10.6 Å². The van der Waals surface area contributed by atoms with Gasteiger partial charge in [0.15, 0.2) is 0 Å². The number of aryl methyl sites for hydroxylation is 1. The van der Waals surface area contributed by atoms with Gasteiger partial charge in [0.2, 0.25) is 0 Å². The van der Waals surface area contributed by atoms with E-state index in [9.17, 15) is 0 Å². The molecular weight excluding hydrogens is 194 g/mol. The van der Waals surface area contributed by atoms with Crippen LogP contribution in [0.5, 0.6) is 0 Å². The minimum Gasteiger partial charge on any atom is -0.345 e. The molecule has 0 aliphatic carbocycles. The van der Waals surface area contributed by atoms with Crippen molar-refractivity contribution in [3.8, 4) is 16.6 Å². The number of nitriles is 1. The number of rotatable bonds is 2. The summed E-state index contributed by atoms with van der Waals surface area (Å²) in [5.74, 6) is 0.744. The number of nitrogens with one attached hydrogen (secondary N) is 1. The highest BCUT2D eigenvalue weighted by Gasteiger charge is 2.08. The topological polar surface area (TPSA) is 52.5 Å². The zero-order valence-electron chi connectivity index (χ0n) is 7.74. The summed E-state index contributed by atoms with van der Waals surface area (Å²) >= 11 is 1.66. The molecule has 0 unspecified atom stereocenters. The van der Waals surface area contributed by atoms with Crippen LogP contribution >= 0.6 is 11.3 Å². The Morgan fingerprint density at radius 2 is 2.50 bits per heavy atom. The minimum absolute atomic E-state index is 0.339. The standard InChI is InChI=1S/C10H9N3S/c1-7-10(8-3-2-6-14-8)13-9(12-7)4-5-11/h2-3,6H,4H2,1H3,(H,12,13). The molecule has 0 atom stereocenters. The summed E-state index contributed by atoms with van der Waals surface area (Å²) in [4.78, 5) is 8.62. The van der Waals surface area contributed by atoms with Crippen LogP contribution in [0.15, 0.2) is 17.5 Å². The average Bonchev–Trinajstić information content (AvgIpc) is 2.74. The first-order valence-corrected chi connectivity index (χ1v) is 5.15. The van der Waals surface area contributed by atoms with Gasteiger partial charge in [-0.15, -0.1) is 11.3 Å². The Morgan fingerprint density at radius 3 is 3.14 bits per heavy atom. The Balaban J connectivity index is 2.41. The van der Waals surface area contributed by atoms with Gasteiger partial charge in [0.1, 0.15) is 11.5 Å². The van der Waals surface area contributed by atoms with Crippen molar-refractivity contribution in [3.05, 3.63) is 29.0 Å². The lowest BCUT2D eigenvalue weighted by Crippen LogP contribution is -1.83. The first kappa shape index (κ1) is 8.97. The van der Waals surface area contributed by atoms with Crippen molar-refractivity contribution < 1.29 is 0 Å². The number of aromatic nitrogens is 2. The predicted octanol–water partition coefficient (Wildman–Crippen LogP) is 2.51. The Labute approximate surface area is 86.0 Å². The van der Waals surface area contributed by atoms with E-state index in [1.807, 2.05) is 24.4 Å². The van der Waals surface area contributed by atoms with Gasteiger partial charge in [-0.05, 0) is 18.4 Å². The summed E-state index contributed by atoms with van der Waals surface area (Å²) in [6.45, 7) is 1.98. The molecule has 70 valence electrons. The molecule has 3 nitrogen and oxygen atoms in total. The number of aromatic amines is 1. The molecule has 2 rings (SSSR count). The van der Waals surface area contributed by atoms with Crippen molar-refractivity contribution in [2.75, 3.05) is 0 Å². The number of H-pyrrole nitrogens is 1. The van der Waals surface area contributed by atoms with E-state index < -0.39 is 0 Å². The third kappa shape index (κ3) is 1.54. The Morgan fingerprint density at radius 1 is 1.64 bits per heavy atom. The monoisotopic (exact) mass is 203 g/mol. The number of nitrogens with zero attached hydrogens (tertiary/aromatic N) is 2. The lowest BCUT2D eigenvalue weighted by Gasteiger charge is -1.90. The van der Waals surface area contributed by atoms with E-state index >= 15 is 0 Å². The van der Waals surface area contributed by atoms with Gasteiger partial charge in [-0.1, -0.05) is 6.07 Å². The molecule has 2 heterocycles. The highest BCUT2D eigenvalue weighted by Crippen LogP contribution is 2.25. The molecule has 0 aliphatic heterocycles. The van der Waals surface area contributed by atoms with Crippen molar-refractivity contribution in [2.45, 2.75) is 13.3 Å². The summed E-state index contributed by atoms with van der Waals surface area (Å²) in [5.41, 5.74) is 1.99. The molecule has 4 heteroatoms. The SMILES string of the molecule is Cc1[nH]c(CC#N)nc1-c1cccs1. The van der Waals surface area contributed by atoms with Crippen LogP contribution in [0.2, 0.25) is 0 Å². The number of hydrogen-bond donors (Lipinski definition) is 1. The summed E-state index contributed by atoms with van der Waals surface area (Å²) < 4.78 is 0. The van der Waals surface area contributed by atoms with Crippen LogP contribution < -0.4 is 0 Å². The molecule has 2 aromatic heterocycles. The molecule has 0 radical (unpaired) electrons. The maximum absolute atomic E-state index is 8.54. The van der Waals surface area contributed by atoms with Gasteiger partial charge in [0.05, 0.1) is 17.4 Å². The van der Waals surface area contributed by atoms with Gasteiger partial charge in [-0.2, -0.15) is 5.26 Å². The van der Waals surface area contributed by atoms with E-state index in [1.54, 1.807) is 11.3 Å². The fraction of sp³-hybridized carbons (Fsp3) is 0.200. The highest BCUT2D eigenvalue weighted by atomic mass is 32.1. The third-order valence-corrected chi connectivity index (χ3v) is 2.81. The molecule has 0 saturated carbocycles. The van der Waals surface area contributed by atoms with Crippen molar-refractivity contribution in [2.24, 2.45) is 0 Å². The van der Waals surface area contributed by atoms with E-state index in [-0.39, 0.29) is 0 Å². The molecule has 0 bridgehead atoms. The molecule has 0 aliphatic rings. The molecular formula is C10H9N3S. The average molecular weight is 203 g/mol. The van der Waals surface area contributed by atoms with E-state index in [0.717, 1.165) is 22.1 Å². The first-order chi connectivity index (χ1) is 6.81. The van der Waals surface area contributed by atoms with E-state index in [4.69, 9.17) is 5.26 Å². The second-order valence-electron chi connectivity index (χ2n) is 2.97. The second-order valence-corrected chi connectivity index (χ2v) is 3.92. The molecule has 1 N–H and O–H groups in total. The lowest BCUT2D eigenvalue weighted by molar-refractivity contribution is 1.05. The summed E-state index contributed by atoms with van der Waals surface area (Å²) in [5, 5.41) is 10.6. The number of thiophene rings is 1. The molecule has 2 aromatic rings. The fourth-order valence-corrected chi connectivity index (χ4v) is 2.11. The van der Waals surface area contributed by atoms with Crippen LogP contribution in [-0.2, 0) is 6.42 Å². The van der Waals surface area contributed by atoms with Crippen LogP contribution in [0.3, 0.4) is 0 Å². The summed E-state index contributed by atoms with van der Waals surface area (Å²) in [6.07, 6.45) is 0.339. The zero-order valence-corrected chi connectivity index (χ0v) is 8.56. The fourth-order valence-electron chi connectivity index (χ4n) is 1.33. The molecule has 0 fully saturated rings. The number of hydrogen-bond acceptors (Lipinski definition) is 3. The smallest absolute Gasteiger partial charge is 0.121 e. The van der Waals surface area contributed by atoms with Crippen molar-refractivity contribution >= 4 is 11.3 Å². The van der Waals surface area contributed by atoms with E-state index in [2.05, 4.69) is 16.0 Å². The van der Waals surface area contributed by atoms with Crippen LogP contribution in [0.4, 0.5) is 0 Å². The minimum atomic E-state index is 0.339. The van der Waals surface area contributed by atoms with Crippen molar-refractivity contribution in [1.82, 2.24) is 9.97 Å². The van der Waals surface area contributed by atoms with Gasteiger partial charge < -0.3 is 4.98 Å². The summed E-state index contributed by atoms with van der Waals surface area (Å²) in [7, 11) is 0. The molecule has 0 amide bonds. The van der Waals surface area contributed by atoms with Gasteiger partial charge in [-0.25, -0.2) is 4.98 Å². The van der Waals surface area contributed by atoms with Gasteiger partial charge in [0, 0.05) is 5.69 Å². The van der Waals surface area contributed by atoms with Crippen LogP contribution in [-0.4, -0.2) is 9.97 Å². The second kappa shape index (κ2) is 3.64. The predicted molar refractivity (Wildman–Crippen MR) is 56.0 cm³/mol. The highest BCUT2D eigenvalue weighted by molar-refractivity contribution is 7.13. The molecule has 0 spiro atoms. The molecule has 0 saturated heterocycles. The lowest BCUT2D eigenvalue weighted by atomic mass is 10.3. The molecule has 0 aromatic carbocycles. The van der Waals surface area contributed by atoms with Crippen LogP contribution in [0, 0.1) is 18.3 Å². The maximum Gasteiger partial charge on any atom is 0.121 e. The largest absolute Gasteiger partial charge is 0.345 e. The van der Waals surface area contributed by atoms with Gasteiger partial charge in [-0.3, -0.25) is 0 Å². The van der Waals surface area contributed by atoms with Gasteiger partial charge in [0.25, 0.3) is 0 Å². The first-order valence-electron chi connectivity index (χ1n) is 4.27.